The Labute approximate surface area is 122 Å². The molecule has 1 atom stereocenters. The number of urea groups is 1. The second-order valence-corrected chi connectivity index (χ2v) is 6.09. The molecule has 1 aromatic rings. The van der Waals surface area contributed by atoms with Crippen molar-refractivity contribution in [2.75, 3.05) is 6.54 Å². The predicted molar refractivity (Wildman–Crippen MR) is 78.0 cm³/mol. The Bertz CT molecular complexity index is 459. The number of amides is 2. The number of carboxylic acids is 1. The van der Waals surface area contributed by atoms with Gasteiger partial charge in [-0.2, -0.15) is 0 Å². The lowest BCUT2D eigenvalue weighted by Crippen LogP contribution is -2.47. The third kappa shape index (κ3) is 6.01. The first-order valence-electron chi connectivity index (χ1n) is 6.56. The summed E-state index contributed by atoms with van der Waals surface area (Å²) in [6, 6.07) is -1.30. The van der Waals surface area contributed by atoms with Gasteiger partial charge in [0.2, 0.25) is 0 Å². The molecule has 1 aromatic heterocycles. The number of carbonyl (C=O) groups excluding carboxylic acids is 1. The van der Waals surface area contributed by atoms with Crippen LogP contribution in [0.5, 0.6) is 0 Å². The molecule has 1 heterocycles. The third-order valence-electron chi connectivity index (χ3n) is 2.64. The number of carbonyl (C=O) groups is 2. The number of aromatic nitrogens is 1. The van der Waals surface area contributed by atoms with Crippen LogP contribution in [-0.2, 0) is 11.2 Å². The van der Waals surface area contributed by atoms with Crippen LogP contribution in [0.1, 0.15) is 31.0 Å². The Hall–Kier alpha value is -1.63. The van der Waals surface area contributed by atoms with E-state index >= 15 is 0 Å². The van der Waals surface area contributed by atoms with Gasteiger partial charge in [0.25, 0.3) is 0 Å². The van der Waals surface area contributed by atoms with E-state index < -0.39 is 18.0 Å². The fourth-order valence-electron chi connectivity index (χ4n) is 1.73. The van der Waals surface area contributed by atoms with Crippen molar-refractivity contribution < 1.29 is 14.7 Å². The molecule has 3 N–H and O–H groups in total. The molecule has 0 fully saturated rings. The number of nitrogens with one attached hydrogen (secondary N) is 2. The Morgan fingerprint density at radius 1 is 1.45 bits per heavy atom. The number of hydrogen-bond acceptors (Lipinski definition) is 4. The highest BCUT2D eigenvalue weighted by Gasteiger charge is 2.20. The summed E-state index contributed by atoms with van der Waals surface area (Å²) in [5, 5.41) is 17.1. The van der Waals surface area contributed by atoms with Crippen molar-refractivity contribution in [3.05, 3.63) is 16.1 Å². The molecule has 112 valence electrons. The van der Waals surface area contributed by atoms with E-state index in [4.69, 9.17) is 5.11 Å². The third-order valence-corrected chi connectivity index (χ3v) is 3.47. The summed E-state index contributed by atoms with van der Waals surface area (Å²) in [6.07, 6.45) is 1.05. The van der Waals surface area contributed by atoms with E-state index in [2.05, 4.69) is 15.6 Å². The van der Waals surface area contributed by atoms with Crippen molar-refractivity contribution in [2.24, 2.45) is 5.92 Å². The maximum Gasteiger partial charge on any atom is 0.326 e. The van der Waals surface area contributed by atoms with Crippen molar-refractivity contribution in [3.63, 3.8) is 0 Å². The second-order valence-electron chi connectivity index (χ2n) is 5.03. The van der Waals surface area contributed by atoms with Gasteiger partial charge in [0.05, 0.1) is 10.7 Å². The fourth-order valence-corrected chi connectivity index (χ4v) is 2.38. The van der Waals surface area contributed by atoms with Gasteiger partial charge in [-0.05, 0) is 19.3 Å². The zero-order valence-electron chi connectivity index (χ0n) is 12.0. The van der Waals surface area contributed by atoms with Crippen molar-refractivity contribution >= 4 is 23.3 Å². The number of nitrogens with zero attached hydrogens (tertiary/aromatic N) is 1. The van der Waals surface area contributed by atoms with Gasteiger partial charge in [-0.1, -0.05) is 13.8 Å². The lowest BCUT2D eigenvalue weighted by molar-refractivity contribution is -0.139. The first-order valence-corrected chi connectivity index (χ1v) is 7.44. The number of aliphatic carboxylic acids is 1. The number of aryl methyl sites for hydroxylation is 1. The molecule has 20 heavy (non-hydrogen) atoms. The van der Waals surface area contributed by atoms with Gasteiger partial charge < -0.3 is 15.7 Å². The molecule has 0 aromatic carbocycles. The van der Waals surface area contributed by atoms with Crippen molar-refractivity contribution in [2.45, 2.75) is 39.7 Å². The van der Waals surface area contributed by atoms with Crippen LogP contribution in [0.4, 0.5) is 4.79 Å². The zero-order chi connectivity index (χ0) is 15.1. The van der Waals surface area contributed by atoms with Crippen LogP contribution in [0.25, 0.3) is 0 Å². The highest BCUT2D eigenvalue weighted by molar-refractivity contribution is 7.09. The van der Waals surface area contributed by atoms with E-state index in [1.54, 1.807) is 11.3 Å². The highest BCUT2D eigenvalue weighted by Crippen LogP contribution is 2.08. The van der Waals surface area contributed by atoms with Crippen molar-refractivity contribution in [1.29, 1.82) is 0 Å². The van der Waals surface area contributed by atoms with Gasteiger partial charge >= 0.3 is 12.0 Å². The minimum absolute atomic E-state index is 0.203. The van der Waals surface area contributed by atoms with E-state index in [-0.39, 0.29) is 5.92 Å². The first-order chi connectivity index (χ1) is 9.38. The standard InChI is InChI=1S/C13H21N3O3S/c1-8(2)6-11(12(17)18)16-13(19)14-5-4-10-7-20-9(3)15-10/h7-8,11H,4-6H2,1-3H3,(H,17,18)(H2,14,16,19)/t11-/m0/s1. The van der Waals surface area contributed by atoms with Gasteiger partial charge in [0, 0.05) is 18.3 Å². The Kier molecular flexibility index (Phi) is 6.44. The molecule has 0 radical (unpaired) electrons. The maximum atomic E-state index is 11.6. The number of rotatable bonds is 7. The molecule has 0 aliphatic carbocycles. The molecular weight excluding hydrogens is 278 g/mol. The van der Waals surface area contributed by atoms with Crippen LogP contribution in [0.2, 0.25) is 0 Å². The normalized spacial score (nSPS) is 12.2. The molecule has 0 saturated heterocycles. The number of hydrogen-bond donors (Lipinski definition) is 3. The second kappa shape index (κ2) is 7.84. The Balaban J connectivity index is 2.32. The van der Waals surface area contributed by atoms with E-state index in [0.29, 0.717) is 19.4 Å². The van der Waals surface area contributed by atoms with E-state index in [0.717, 1.165) is 10.7 Å². The molecule has 0 bridgehead atoms. The summed E-state index contributed by atoms with van der Waals surface area (Å²) >= 11 is 1.57. The molecule has 7 heteroatoms. The van der Waals surface area contributed by atoms with E-state index in [1.807, 2.05) is 26.2 Å². The summed E-state index contributed by atoms with van der Waals surface area (Å²) in [4.78, 5) is 26.9. The van der Waals surface area contributed by atoms with E-state index in [9.17, 15) is 9.59 Å². The smallest absolute Gasteiger partial charge is 0.326 e. The summed E-state index contributed by atoms with van der Waals surface area (Å²) < 4.78 is 0. The van der Waals surface area contributed by atoms with Crippen LogP contribution in [0.15, 0.2) is 5.38 Å². The lowest BCUT2D eigenvalue weighted by Gasteiger charge is -2.16. The predicted octanol–water partition coefficient (Wildman–Crippen LogP) is 1.79. The maximum absolute atomic E-state index is 11.6. The lowest BCUT2D eigenvalue weighted by atomic mass is 10.0. The molecule has 0 spiro atoms. The SMILES string of the molecule is Cc1nc(CCNC(=O)N[C@@H](CC(C)C)C(=O)O)cs1. The van der Waals surface area contributed by atoms with Gasteiger partial charge in [-0.25, -0.2) is 14.6 Å². The van der Waals surface area contributed by atoms with Crippen LogP contribution < -0.4 is 10.6 Å². The molecular formula is C13H21N3O3S. The molecule has 0 saturated carbocycles. The van der Waals surface area contributed by atoms with Crippen LogP contribution in [0, 0.1) is 12.8 Å². The first kappa shape index (κ1) is 16.4. The van der Waals surface area contributed by atoms with Gasteiger partial charge in [0.15, 0.2) is 0 Å². The number of carboxylic acid groups (broad SMARTS) is 1. The zero-order valence-corrected chi connectivity index (χ0v) is 12.8. The van der Waals surface area contributed by atoms with Crippen molar-refractivity contribution in [3.8, 4) is 0 Å². The topological polar surface area (TPSA) is 91.3 Å². The van der Waals surface area contributed by atoms with Crippen LogP contribution >= 0.6 is 11.3 Å². The molecule has 1 rings (SSSR count). The minimum atomic E-state index is -1.01. The summed E-state index contributed by atoms with van der Waals surface area (Å²) in [7, 11) is 0. The molecule has 6 nitrogen and oxygen atoms in total. The summed E-state index contributed by atoms with van der Waals surface area (Å²) in [6.45, 7) is 6.20. The largest absolute Gasteiger partial charge is 0.480 e. The van der Waals surface area contributed by atoms with E-state index in [1.165, 1.54) is 0 Å². The highest BCUT2D eigenvalue weighted by atomic mass is 32.1. The summed E-state index contributed by atoms with van der Waals surface area (Å²) in [5.74, 6) is -0.807. The Morgan fingerprint density at radius 3 is 2.65 bits per heavy atom. The molecule has 2 amide bonds. The molecule has 0 aliphatic heterocycles. The van der Waals surface area contributed by atoms with Gasteiger partial charge in [-0.3, -0.25) is 0 Å². The van der Waals surface area contributed by atoms with Crippen LogP contribution in [-0.4, -0.2) is 34.7 Å². The van der Waals surface area contributed by atoms with Crippen molar-refractivity contribution in [1.82, 2.24) is 15.6 Å². The molecule has 0 aliphatic rings. The Morgan fingerprint density at radius 2 is 2.15 bits per heavy atom. The minimum Gasteiger partial charge on any atom is -0.480 e. The van der Waals surface area contributed by atoms with Crippen LogP contribution in [0.3, 0.4) is 0 Å². The number of thiazole rings is 1. The monoisotopic (exact) mass is 299 g/mol. The molecule has 0 unspecified atom stereocenters. The fraction of sp³-hybridized carbons (Fsp3) is 0.615. The summed E-state index contributed by atoms with van der Waals surface area (Å²) in [5.41, 5.74) is 0.935. The average molecular weight is 299 g/mol. The average Bonchev–Trinajstić information content (AvgIpc) is 2.73. The quantitative estimate of drug-likeness (QED) is 0.716. The van der Waals surface area contributed by atoms with Gasteiger partial charge in [0.1, 0.15) is 6.04 Å². The van der Waals surface area contributed by atoms with Gasteiger partial charge in [-0.15, -0.1) is 11.3 Å².